The highest BCUT2D eigenvalue weighted by Gasteiger charge is 2.20. The fourth-order valence-corrected chi connectivity index (χ4v) is 5.02. The van der Waals surface area contributed by atoms with Gasteiger partial charge in [-0.3, -0.25) is 9.69 Å². The number of thiazole rings is 1. The van der Waals surface area contributed by atoms with Crippen LogP contribution in [0.4, 0.5) is 5.13 Å². The first kappa shape index (κ1) is 20.8. The zero-order valence-electron chi connectivity index (χ0n) is 17.0. The van der Waals surface area contributed by atoms with Crippen LogP contribution in [-0.4, -0.2) is 27.0 Å². The second-order valence-corrected chi connectivity index (χ2v) is 9.34. The number of hydrogen-bond acceptors (Lipinski definition) is 4. The van der Waals surface area contributed by atoms with Gasteiger partial charge in [-0.15, -0.1) is 0 Å². The molecule has 0 aliphatic heterocycles. The molecular formula is C23H23BrN4OS. The highest BCUT2D eigenvalue weighted by molar-refractivity contribution is 9.10. The molecule has 2 heterocycles. The van der Waals surface area contributed by atoms with Crippen molar-refractivity contribution in [1.82, 2.24) is 14.5 Å². The molecule has 2 aromatic carbocycles. The molecule has 5 nitrogen and oxygen atoms in total. The smallest absolute Gasteiger partial charge is 0.233 e. The number of imidazole rings is 1. The maximum atomic E-state index is 13.4. The molecule has 4 aromatic rings. The molecule has 0 aliphatic carbocycles. The Morgan fingerprint density at radius 1 is 1.20 bits per heavy atom. The van der Waals surface area contributed by atoms with Crippen LogP contribution in [0.15, 0.2) is 59.6 Å². The average molecular weight is 483 g/mol. The van der Waals surface area contributed by atoms with E-state index in [0.29, 0.717) is 13.0 Å². The van der Waals surface area contributed by atoms with Gasteiger partial charge in [0.1, 0.15) is 0 Å². The van der Waals surface area contributed by atoms with E-state index in [-0.39, 0.29) is 5.91 Å². The van der Waals surface area contributed by atoms with Gasteiger partial charge in [-0.25, -0.2) is 9.97 Å². The van der Waals surface area contributed by atoms with Crippen LogP contribution in [0.3, 0.4) is 0 Å². The molecule has 1 amide bonds. The monoisotopic (exact) mass is 482 g/mol. The lowest BCUT2D eigenvalue weighted by molar-refractivity contribution is -0.118. The predicted octanol–water partition coefficient (Wildman–Crippen LogP) is 5.54. The number of hydrogen-bond donors (Lipinski definition) is 0. The van der Waals surface area contributed by atoms with Gasteiger partial charge in [-0.1, -0.05) is 51.0 Å². The molecular weight excluding hydrogens is 460 g/mol. The third-order valence-electron chi connectivity index (χ3n) is 5.07. The van der Waals surface area contributed by atoms with Crippen molar-refractivity contribution in [2.75, 3.05) is 11.4 Å². The molecule has 0 saturated carbocycles. The number of anilines is 1. The van der Waals surface area contributed by atoms with Crippen LogP contribution >= 0.6 is 27.3 Å². The number of aromatic nitrogens is 3. The Morgan fingerprint density at radius 2 is 2.07 bits per heavy atom. The molecule has 2 aromatic heterocycles. The van der Waals surface area contributed by atoms with E-state index in [4.69, 9.17) is 4.98 Å². The molecule has 0 N–H and O–H groups in total. The Kier molecular flexibility index (Phi) is 6.29. The zero-order chi connectivity index (χ0) is 21.1. The number of benzene rings is 2. The van der Waals surface area contributed by atoms with Crippen LogP contribution < -0.4 is 4.90 Å². The standard InChI is InChI=1S/C23H23BrN4OS/c1-16-4-5-18(17(2)12-16)13-22(29)28(10-3-9-27-11-8-25-15-27)23-26-20-7-6-19(24)14-21(20)30-23/h4-8,11-12,14-15H,3,9-10,13H2,1-2H3. The van der Waals surface area contributed by atoms with E-state index in [1.54, 1.807) is 23.9 Å². The van der Waals surface area contributed by atoms with E-state index >= 15 is 0 Å². The van der Waals surface area contributed by atoms with Gasteiger partial charge < -0.3 is 4.57 Å². The normalized spacial score (nSPS) is 11.2. The third-order valence-corrected chi connectivity index (χ3v) is 6.60. The zero-order valence-corrected chi connectivity index (χ0v) is 19.4. The van der Waals surface area contributed by atoms with Gasteiger partial charge in [-0.05, 0) is 49.6 Å². The van der Waals surface area contributed by atoms with E-state index < -0.39 is 0 Å². The average Bonchev–Trinajstić information content (AvgIpc) is 3.36. The predicted molar refractivity (Wildman–Crippen MR) is 126 cm³/mol. The van der Waals surface area contributed by atoms with Crippen molar-refractivity contribution in [3.05, 3.63) is 76.3 Å². The Morgan fingerprint density at radius 3 is 2.83 bits per heavy atom. The first-order valence-corrected chi connectivity index (χ1v) is 11.5. The molecule has 0 radical (unpaired) electrons. The largest absolute Gasteiger partial charge is 0.337 e. The van der Waals surface area contributed by atoms with Crippen LogP contribution in [0.2, 0.25) is 0 Å². The summed E-state index contributed by atoms with van der Waals surface area (Å²) >= 11 is 5.08. The van der Waals surface area contributed by atoms with Crippen LogP contribution in [0.25, 0.3) is 10.2 Å². The summed E-state index contributed by atoms with van der Waals surface area (Å²) in [6, 6.07) is 12.3. The summed E-state index contributed by atoms with van der Waals surface area (Å²) in [5.41, 5.74) is 4.33. The quantitative estimate of drug-likeness (QED) is 0.347. The SMILES string of the molecule is Cc1ccc(CC(=O)N(CCCn2ccnc2)c2nc3ccc(Br)cc3s2)c(C)c1. The number of fused-ring (bicyclic) bond motifs is 1. The first-order valence-electron chi connectivity index (χ1n) is 9.88. The number of amides is 1. The minimum absolute atomic E-state index is 0.0747. The van der Waals surface area contributed by atoms with Crippen molar-refractivity contribution in [3.8, 4) is 0 Å². The summed E-state index contributed by atoms with van der Waals surface area (Å²) in [5, 5.41) is 0.753. The van der Waals surface area contributed by atoms with Gasteiger partial charge >= 0.3 is 0 Å². The molecule has 0 saturated heterocycles. The molecule has 7 heteroatoms. The second kappa shape index (κ2) is 9.10. The molecule has 0 unspecified atom stereocenters. The number of aryl methyl sites for hydroxylation is 3. The highest BCUT2D eigenvalue weighted by Crippen LogP contribution is 2.31. The Balaban J connectivity index is 1.58. The summed E-state index contributed by atoms with van der Waals surface area (Å²) in [6.45, 7) is 5.56. The van der Waals surface area contributed by atoms with Gasteiger partial charge in [0.15, 0.2) is 5.13 Å². The van der Waals surface area contributed by atoms with Crippen molar-refractivity contribution in [1.29, 1.82) is 0 Å². The maximum absolute atomic E-state index is 13.4. The van der Waals surface area contributed by atoms with E-state index in [9.17, 15) is 4.79 Å². The summed E-state index contributed by atoms with van der Waals surface area (Å²) in [7, 11) is 0. The Bertz CT molecular complexity index is 1170. The van der Waals surface area contributed by atoms with Crippen LogP contribution in [-0.2, 0) is 17.8 Å². The van der Waals surface area contributed by atoms with Crippen LogP contribution in [0.1, 0.15) is 23.1 Å². The molecule has 4 rings (SSSR count). The summed E-state index contributed by atoms with van der Waals surface area (Å²) in [6.07, 6.45) is 6.72. The number of carbonyl (C=O) groups excluding carboxylic acids is 1. The Labute approximate surface area is 188 Å². The second-order valence-electron chi connectivity index (χ2n) is 7.41. The van der Waals surface area contributed by atoms with Crippen LogP contribution in [0, 0.1) is 13.8 Å². The lowest BCUT2D eigenvalue weighted by Crippen LogP contribution is -2.33. The third kappa shape index (κ3) is 4.79. The number of rotatable bonds is 7. The van der Waals surface area contributed by atoms with Gasteiger partial charge in [0.2, 0.25) is 5.91 Å². The summed E-state index contributed by atoms with van der Waals surface area (Å²) in [4.78, 5) is 24.0. The molecule has 0 bridgehead atoms. The fraction of sp³-hybridized carbons (Fsp3) is 0.261. The molecule has 0 fully saturated rings. The van der Waals surface area contributed by atoms with E-state index in [2.05, 4.69) is 59.0 Å². The maximum Gasteiger partial charge on any atom is 0.233 e. The van der Waals surface area contributed by atoms with Crippen molar-refractivity contribution in [2.45, 2.75) is 33.2 Å². The first-order chi connectivity index (χ1) is 14.5. The molecule has 0 atom stereocenters. The molecule has 0 spiro atoms. The van der Waals surface area contributed by atoms with Gasteiger partial charge in [0.05, 0.1) is 23.0 Å². The lowest BCUT2D eigenvalue weighted by atomic mass is 10.0. The fourth-order valence-electron chi connectivity index (χ4n) is 3.46. The lowest BCUT2D eigenvalue weighted by Gasteiger charge is -2.20. The van der Waals surface area contributed by atoms with Crippen molar-refractivity contribution in [3.63, 3.8) is 0 Å². The van der Waals surface area contributed by atoms with Gasteiger partial charge in [0.25, 0.3) is 0 Å². The molecule has 154 valence electrons. The van der Waals surface area contributed by atoms with E-state index in [1.807, 2.05) is 27.8 Å². The van der Waals surface area contributed by atoms with Crippen molar-refractivity contribution in [2.24, 2.45) is 0 Å². The number of carbonyl (C=O) groups is 1. The minimum Gasteiger partial charge on any atom is -0.337 e. The van der Waals surface area contributed by atoms with E-state index in [0.717, 1.165) is 43.9 Å². The van der Waals surface area contributed by atoms with Crippen molar-refractivity contribution >= 4 is 48.5 Å². The molecule has 30 heavy (non-hydrogen) atoms. The topological polar surface area (TPSA) is 51.0 Å². The molecule has 0 aliphatic rings. The highest BCUT2D eigenvalue weighted by atomic mass is 79.9. The summed E-state index contributed by atoms with van der Waals surface area (Å²) < 4.78 is 4.11. The Hall–Kier alpha value is -2.51. The van der Waals surface area contributed by atoms with Crippen LogP contribution in [0.5, 0.6) is 0 Å². The number of halogens is 1. The number of nitrogens with zero attached hydrogens (tertiary/aromatic N) is 4. The van der Waals surface area contributed by atoms with Gasteiger partial charge in [0, 0.05) is 30.0 Å². The van der Waals surface area contributed by atoms with Crippen molar-refractivity contribution < 1.29 is 4.79 Å². The van der Waals surface area contributed by atoms with Gasteiger partial charge in [-0.2, -0.15) is 0 Å². The van der Waals surface area contributed by atoms with E-state index in [1.165, 1.54) is 5.56 Å². The minimum atomic E-state index is 0.0747. The summed E-state index contributed by atoms with van der Waals surface area (Å²) in [5.74, 6) is 0.0747.